The van der Waals surface area contributed by atoms with Crippen LogP contribution in [0.2, 0.25) is 4.34 Å². The van der Waals surface area contributed by atoms with Crippen molar-refractivity contribution in [2.24, 2.45) is 0 Å². The zero-order chi connectivity index (χ0) is 11.8. The van der Waals surface area contributed by atoms with Gasteiger partial charge in [-0.1, -0.05) is 11.6 Å². The standard InChI is InChI=1S/C11H18ClNO2S/c1-9(10-7-11(12)16-8-10)13-3-4-15-6-5-14-2/h7-9,13H,3-6H2,1-2H3. The molecule has 92 valence electrons. The molecule has 1 atom stereocenters. The smallest absolute Gasteiger partial charge is 0.0931 e. The second-order valence-electron chi connectivity index (χ2n) is 3.47. The van der Waals surface area contributed by atoms with Crippen LogP contribution in [0.3, 0.4) is 0 Å². The average molecular weight is 264 g/mol. The monoisotopic (exact) mass is 263 g/mol. The van der Waals surface area contributed by atoms with Crippen molar-refractivity contribution in [2.45, 2.75) is 13.0 Å². The molecule has 3 nitrogen and oxygen atoms in total. The lowest BCUT2D eigenvalue weighted by atomic mass is 10.2. The molecule has 0 spiro atoms. The second-order valence-corrected chi connectivity index (χ2v) is 5.01. The molecule has 16 heavy (non-hydrogen) atoms. The maximum Gasteiger partial charge on any atom is 0.0931 e. The lowest BCUT2D eigenvalue weighted by Crippen LogP contribution is -2.23. The first-order valence-corrected chi connectivity index (χ1v) is 6.53. The van der Waals surface area contributed by atoms with Gasteiger partial charge in [0, 0.05) is 19.7 Å². The number of hydrogen-bond acceptors (Lipinski definition) is 4. The summed E-state index contributed by atoms with van der Waals surface area (Å²) in [6.07, 6.45) is 0. The lowest BCUT2D eigenvalue weighted by molar-refractivity contribution is 0.0712. The molecule has 0 aliphatic rings. The highest BCUT2D eigenvalue weighted by atomic mass is 35.5. The summed E-state index contributed by atoms with van der Waals surface area (Å²) in [6.45, 7) is 4.95. The van der Waals surface area contributed by atoms with E-state index in [0.29, 0.717) is 25.9 Å². The van der Waals surface area contributed by atoms with E-state index < -0.39 is 0 Å². The number of nitrogens with one attached hydrogen (secondary N) is 1. The molecule has 0 saturated carbocycles. The molecule has 1 unspecified atom stereocenters. The first-order chi connectivity index (χ1) is 7.74. The van der Waals surface area contributed by atoms with Crippen molar-refractivity contribution < 1.29 is 9.47 Å². The summed E-state index contributed by atoms with van der Waals surface area (Å²) in [7, 11) is 1.67. The number of hydrogen-bond donors (Lipinski definition) is 1. The molecular formula is C11H18ClNO2S. The zero-order valence-electron chi connectivity index (χ0n) is 9.66. The van der Waals surface area contributed by atoms with Gasteiger partial charge in [-0.15, -0.1) is 11.3 Å². The highest BCUT2D eigenvalue weighted by Gasteiger charge is 2.06. The summed E-state index contributed by atoms with van der Waals surface area (Å²) in [5, 5.41) is 5.45. The molecule has 0 saturated heterocycles. The fourth-order valence-corrected chi connectivity index (χ4v) is 2.24. The number of methoxy groups -OCH3 is 1. The van der Waals surface area contributed by atoms with E-state index in [1.54, 1.807) is 18.4 Å². The molecular weight excluding hydrogens is 246 g/mol. The minimum Gasteiger partial charge on any atom is -0.382 e. The Morgan fingerprint density at radius 1 is 1.44 bits per heavy atom. The molecule has 5 heteroatoms. The Hall–Kier alpha value is -0.130. The van der Waals surface area contributed by atoms with Gasteiger partial charge >= 0.3 is 0 Å². The van der Waals surface area contributed by atoms with Gasteiger partial charge in [-0.3, -0.25) is 0 Å². The Labute approximate surface area is 106 Å². The minimum atomic E-state index is 0.315. The normalized spacial score (nSPS) is 12.9. The summed E-state index contributed by atoms with van der Waals surface area (Å²) < 4.78 is 11.1. The molecule has 0 aromatic carbocycles. The Morgan fingerprint density at radius 2 is 2.25 bits per heavy atom. The van der Waals surface area contributed by atoms with E-state index in [0.717, 1.165) is 10.9 Å². The van der Waals surface area contributed by atoms with Gasteiger partial charge in [-0.2, -0.15) is 0 Å². The molecule has 0 aliphatic heterocycles. The van der Waals surface area contributed by atoms with E-state index in [4.69, 9.17) is 21.1 Å². The van der Waals surface area contributed by atoms with Gasteiger partial charge in [0.05, 0.1) is 24.2 Å². The predicted octanol–water partition coefficient (Wildman–Crippen LogP) is 2.72. The summed E-state index contributed by atoms with van der Waals surface area (Å²) in [5.41, 5.74) is 1.23. The second kappa shape index (κ2) is 8.03. The zero-order valence-corrected chi connectivity index (χ0v) is 11.2. The van der Waals surface area contributed by atoms with E-state index in [9.17, 15) is 0 Å². The lowest BCUT2D eigenvalue weighted by Gasteiger charge is -2.12. The number of ether oxygens (including phenoxy) is 2. The van der Waals surface area contributed by atoms with Gasteiger partial charge < -0.3 is 14.8 Å². The third-order valence-electron chi connectivity index (χ3n) is 2.22. The van der Waals surface area contributed by atoms with Crippen LogP contribution in [-0.4, -0.2) is 33.5 Å². The summed E-state index contributed by atoms with van der Waals surface area (Å²) in [4.78, 5) is 0. The van der Waals surface area contributed by atoms with Crippen LogP contribution < -0.4 is 5.32 Å². The van der Waals surface area contributed by atoms with E-state index in [2.05, 4.69) is 17.6 Å². The highest BCUT2D eigenvalue weighted by Crippen LogP contribution is 2.24. The average Bonchev–Trinajstić information content (AvgIpc) is 2.70. The van der Waals surface area contributed by atoms with E-state index in [1.165, 1.54) is 5.56 Å². The van der Waals surface area contributed by atoms with Gasteiger partial charge in [-0.05, 0) is 23.9 Å². The maximum atomic E-state index is 5.88. The van der Waals surface area contributed by atoms with Crippen molar-refractivity contribution in [3.8, 4) is 0 Å². The Balaban J connectivity index is 2.09. The molecule has 1 aromatic heterocycles. The maximum absolute atomic E-state index is 5.88. The Morgan fingerprint density at radius 3 is 2.88 bits per heavy atom. The highest BCUT2D eigenvalue weighted by molar-refractivity contribution is 7.14. The van der Waals surface area contributed by atoms with Crippen molar-refractivity contribution >= 4 is 22.9 Å². The van der Waals surface area contributed by atoms with Crippen molar-refractivity contribution in [2.75, 3.05) is 33.5 Å². The van der Waals surface area contributed by atoms with Crippen LogP contribution in [0.4, 0.5) is 0 Å². The molecule has 0 amide bonds. The SMILES string of the molecule is COCCOCCNC(C)c1csc(Cl)c1. The number of thiophene rings is 1. The van der Waals surface area contributed by atoms with Gasteiger partial charge in [-0.25, -0.2) is 0 Å². The topological polar surface area (TPSA) is 30.5 Å². The molecule has 0 fully saturated rings. The minimum absolute atomic E-state index is 0.315. The molecule has 1 heterocycles. The Bertz CT molecular complexity index is 293. The van der Waals surface area contributed by atoms with E-state index >= 15 is 0 Å². The van der Waals surface area contributed by atoms with Crippen molar-refractivity contribution in [3.63, 3.8) is 0 Å². The molecule has 0 aliphatic carbocycles. The quantitative estimate of drug-likeness (QED) is 0.732. The van der Waals surface area contributed by atoms with Crippen molar-refractivity contribution in [1.29, 1.82) is 0 Å². The van der Waals surface area contributed by atoms with Crippen LogP contribution in [0.25, 0.3) is 0 Å². The van der Waals surface area contributed by atoms with E-state index in [1.807, 2.05) is 6.07 Å². The van der Waals surface area contributed by atoms with Gasteiger partial charge in [0.25, 0.3) is 0 Å². The first kappa shape index (κ1) is 13.9. The van der Waals surface area contributed by atoms with Crippen LogP contribution in [0.15, 0.2) is 11.4 Å². The number of halogens is 1. The summed E-state index contributed by atoms with van der Waals surface area (Å²) in [5.74, 6) is 0. The fraction of sp³-hybridized carbons (Fsp3) is 0.636. The van der Waals surface area contributed by atoms with Crippen LogP contribution in [0.1, 0.15) is 18.5 Å². The largest absolute Gasteiger partial charge is 0.382 e. The third-order valence-corrected chi connectivity index (χ3v) is 3.33. The predicted molar refractivity (Wildman–Crippen MR) is 68.4 cm³/mol. The number of rotatable bonds is 8. The molecule has 0 radical (unpaired) electrons. The van der Waals surface area contributed by atoms with Gasteiger partial charge in [0.15, 0.2) is 0 Å². The van der Waals surface area contributed by atoms with Crippen LogP contribution in [-0.2, 0) is 9.47 Å². The summed E-state index contributed by atoms with van der Waals surface area (Å²) >= 11 is 7.44. The molecule has 0 bridgehead atoms. The van der Waals surface area contributed by atoms with Gasteiger partial charge in [0.1, 0.15) is 0 Å². The van der Waals surface area contributed by atoms with Crippen LogP contribution >= 0.6 is 22.9 Å². The fourth-order valence-electron chi connectivity index (χ4n) is 1.26. The van der Waals surface area contributed by atoms with Crippen LogP contribution in [0.5, 0.6) is 0 Å². The molecule has 1 rings (SSSR count). The van der Waals surface area contributed by atoms with Crippen molar-refractivity contribution in [1.82, 2.24) is 5.32 Å². The van der Waals surface area contributed by atoms with Crippen molar-refractivity contribution in [3.05, 3.63) is 21.3 Å². The third kappa shape index (κ3) is 5.27. The van der Waals surface area contributed by atoms with E-state index in [-0.39, 0.29) is 0 Å². The summed E-state index contributed by atoms with van der Waals surface area (Å²) in [6, 6.07) is 2.31. The molecule has 1 N–H and O–H groups in total. The first-order valence-electron chi connectivity index (χ1n) is 5.28. The van der Waals surface area contributed by atoms with Crippen LogP contribution in [0, 0.1) is 0 Å². The molecule has 1 aromatic rings. The van der Waals surface area contributed by atoms with Gasteiger partial charge in [0.2, 0.25) is 0 Å². The Kier molecular flexibility index (Phi) is 7.00.